The molecule has 2 aromatic carbocycles. The molecule has 2 N–H and O–H groups in total. The first-order chi connectivity index (χ1) is 16.8. The zero-order valence-corrected chi connectivity index (χ0v) is 19.2. The second-order valence-corrected chi connectivity index (χ2v) is 9.12. The lowest BCUT2D eigenvalue weighted by molar-refractivity contribution is 0.122. The third-order valence-electron chi connectivity index (χ3n) is 6.93. The number of nitrogen functional groups attached to an aromatic ring is 1. The third-order valence-corrected chi connectivity index (χ3v) is 6.93. The number of aromatic nitrogens is 4. The van der Waals surface area contributed by atoms with Gasteiger partial charge in [0.25, 0.3) is 0 Å². The van der Waals surface area contributed by atoms with E-state index in [2.05, 4.69) is 40.2 Å². The average Bonchev–Trinajstić information content (AvgIpc) is 3.56. The Labute approximate surface area is 199 Å². The molecule has 1 saturated heterocycles. The highest BCUT2D eigenvalue weighted by atomic mass is 16.5. The number of fused-ring (bicyclic) bond motifs is 1. The van der Waals surface area contributed by atoms with Crippen LogP contribution in [0.2, 0.25) is 0 Å². The molecule has 6 rings (SSSR count). The fourth-order valence-electron chi connectivity index (χ4n) is 5.06. The van der Waals surface area contributed by atoms with Gasteiger partial charge in [0.15, 0.2) is 5.65 Å². The van der Waals surface area contributed by atoms with Gasteiger partial charge in [0.05, 0.1) is 25.2 Å². The first-order valence-electron chi connectivity index (χ1n) is 12.1. The molecule has 1 radical (unpaired) electrons. The molecule has 2 aliphatic rings. The minimum Gasteiger partial charge on any atom is -0.398 e. The predicted octanol–water partition coefficient (Wildman–Crippen LogP) is 4.63. The number of hydrogen-bond acceptors (Lipinski definition) is 6. The molecule has 1 aliphatic carbocycles. The molecule has 0 unspecified atom stereocenters. The van der Waals surface area contributed by atoms with Crippen LogP contribution in [0.5, 0.6) is 0 Å². The first kappa shape index (κ1) is 21.1. The molecule has 7 heteroatoms. The molecule has 2 fully saturated rings. The predicted molar refractivity (Wildman–Crippen MR) is 135 cm³/mol. The molecule has 3 heterocycles. The van der Waals surface area contributed by atoms with Gasteiger partial charge in [-0.2, -0.15) is 4.98 Å². The van der Waals surface area contributed by atoms with Crippen LogP contribution in [0, 0.1) is 6.42 Å². The van der Waals surface area contributed by atoms with E-state index in [0.29, 0.717) is 19.3 Å². The summed E-state index contributed by atoms with van der Waals surface area (Å²) in [5, 5.41) is 0. The molecular formula is C27H29N6O. The summed E-state index contributed by atoms with van der Waals surface area (Å²) < 4.78 is 7.82. The monoisotopic (exact) mass is 453 g/mol. The molecule has 4 aromatic rings. The number of hydrogen-bond donors (Lipinski definition) is 1. The Kier molecular flexibility index (Phi) is 5.63. The van der Waals surface area contributed by atoms with Crippen molar-refractivity contribution in [3.05, 3.63) is 72.5 Å². The Morgan fingerprint density at radius 2 is 1.71 bits per heavy atom. The lowest BCUT2D eigenvalue weighted by Gasteiger charge is -2.27. The van der Waals surface area contributed by atoms with Gasteiger partial charge in [-0.1, -0.05) is 55.3 Å². The maximum absolute atomic E-state index is 6.17. The van der Waals surface area contributed by atoms with Gasteiger partial charge in [0.1, 0.15) is 5.52 Å². The maximum Gasteiger partial charge on any atom is 0.227 e. The summed E-state index contributed by atoms with van der Waals surface area (Å²) in [5.74, 6) is 0.760. The van der Waals surface area contributed by atoms with Crippen molar-refractivity contribution < 1.29 is 4.74 Å². The highest BCUT2D eigenvalue weighted by Gasteiger charge is 2.24. The van der Waals surface area contributed by atoms with E-state index in [9.17, 15) is 0 Å². The van der Waals surface area contributed by atoms with Crippen LogP contribution < -0.4 is 10.6 Å². The van der Waals surface area contributed by atoms with E-state index in [0.717, 1.165) is 58.3 Å². The van der Waals surface area contributed by atoms with Crippen LogP contribution in [0.3, 0.4) is 0 Å². The van der Waals surface area contributed by atoms with Crippen LogP contribution in [0.15, 0.2) is 54.9 Å². The van der Waals surface area contributed by atoms with E-state index in [1.54, 1.807) is 0 Å². The van der Waals surface area contributed by atoms with Crippen molar-refractivity contribution in [3.63, 3.8) is 0 Å². The molecular weight excluding hydrogens is 424 g/mol. The molecule has 2 aromatic heterocycles. The van der Waals surface area contributed by atoms with Gasteiger partial charge in [-0.3, -0.25) is 0 Å². The number of rotatable bonds is 5. The number of para-hydroxylation sites is 1. The lowest BCUT2D eigenvalue weighted by atomic mass is 10.0. The minimum absolute atomic E-state index is 0.473. The molecule has 1 aliphatic heterocycles. The summed E-state index contributed by atoms with van der Waals surface area (Å²) >= 11 is 0. The van der Waals surface area contributed by atoms with Gasteiger partial charge in [0, 0.05) is 36.8 Å². The Hall–Kier alpha value is -3.45. The van der Waals surface area contributed by atoms with Gasteiger partial charge in [-0.05, 0) is 30.0 Å². The Bertz CT molecular complexity index is 1290. The van der Waals surface area contributed by atoms with Gasteiger partial charge in [-0.25, -0.2) is 9.97 Å². The SMILES string of the molecule is Nc1ccccc1-c1ccc([CH]c2nc(N3CCOCC3)nc3c2ncn3C2CCCC2)cc1. The van der Waals surface area contributed by atoms with Crippen LogP contribution in [0.1, 0.15) is 43.0 Å². The third kappa shape index (κ3) is 4.01. The zero-order chi connectivity index (χ0) is 22.9. The number of anilines is 2. The van der Waals surface area contributed by atoms with Gasteiger partial charge in [-0.15, -0.1) is 0 Å². The van der Waals surface area contributed by atoms with Gasteiger partial charge in [0.2, 0.25) is 5.95 Å². The van der Waals surface area contributed by atoms with Crippen LogP contribution in [-0.2, 0) is 4.74 Å². The molecule has 7 nitrogen and oxygen atoms in total. The topological polar surface area (TPSA) is 82.1 Å². The smallest absolute Gasteiger partial charge is 0.227 e. The first-order valence-corrected chi connectivity index (χ1v) is 12.1. The Morgan fingerprint density at radius 3 is 2.47 bits per heavy atom. The largest absolute Gasteiger partial charge is 0.398 e. The highest BCUT2D eigenvalue weighted by Crippen LogP contribution is 2.33. The molecule has 34 heavy (non-hydrogen) atoms. The molecule has 1 saturated carbocycles. The van der Waals surface area contributed by atoms with E-state index in [1.165, 1.54) is 25.7 Å². The molecule has 0 bridgehead atoms. The van der Waals surface area contributed by atoms with Crippen LogP contribution in [0.4, 0.5) is 11.6 Å². The second kappa shape index (κ2) is 9.06. The van der Waals surface area contributed by atoms with Gasteiger partial charge < -0.3 is 19.9 Å². The Balaban J connectivity index is 1.36. The van der Waals surface area contributed by atoms with Crippen molar-refractivity contribution in [2.45, 2.75) is 31.7 Å². The van der Waals surface area contributed by atoms with Crippen LogP contribution in [-0.4, -0.2) is 45.8 Å². The van der Waals surface area contributed by atoms with Crippen molar-refractivity contribution in [1.29, 1.82) is 0 Å². The number of morpholine rings is 1. The number of imidazole rings is 1. The molecule has 173 valence electrons. The summed E-state index contributed by atoms with van der Waals surface area (Å²) in [7, 11) is 0. The summed E-state index contributed by atoms with van der Waals surface area (Å²) in [6.07, 6.45) is 8.97. The Morgan fingerprint density at radius 1 is 0.941 bits per heavy atom. The molecule has 0 amide bonds. The highest BCUT2D eigenvalue weighted by molar-refractivity contribution is 5.79. The summed E-state index contributed by atoms with van der Waals surface area (Å²) in [6, 6.07) is 16.9. The maximum atomic E-state index is 6.17. The van der Waals surface area contributed by atoms with Crippen LogP contribution in [0.25, 0.3) is 22.3 Å². The van der Waals surface area contributed by atoms with Crippen molar-refractivity contribution in [2.75, 3.05) is 36.9 Å². The zero-order valence-electron chi connectivity index (χ0n) is 19.2. The standard InChI is InChI=1S/C27H29N6O/c28-23-8-4-3-7-22(23)20-11-9-19(10-12-20)17-24-25-26(33(18-29-25)21-5-1-2-6-21)31-27(30-24)32-13-15-34-16-14-32/h3-4,7-12,17-18,21H,1-2,5-6,13-16,28H2. The van der Waals surface area contributed by atoms with E-state index in [4.69, 9.17) is 25.4 Å². The summed E-state index contributed by atoms with van der Waals surface area (Å²) in [4.78, 5) is 16.9. The summed E-state index contributed by atoms with van der Waals surface area (Å²) in [5.41, 5.74) is 12.8. The van der Waals surface area contributed by atoms with E-state index < -0.39 is 0 Å². The van der Waals surface area contributed by atoms with E-state index in [1.807, 2.05) is 30.6 Å². The normalized spacial score (nSPS) is 17.0. The number of benzene rings is 2. The quantitative estimate of drug-likeness (QED) is 0.444. The van der Waals surface area contributed by atoms with Crippen molar-refractivity contribution >= 4 is 22.8 Å². The fourth-order valence-corrected chi connectivity index (χ4v) is 5.06. The van der Waals surface area contributed by atoms with Gasteiger partial charge >= 0.3 is 0 Å². The van der Waals surface area contributed by atoms with E-state index >= 15 is 0 Å². The van der Waals surface area contributed by atoms with Crippen molar-refractivity contribution in [3.8, 4) is 11.1 Å². The second-order valence-electron chi connectivity index (χ2n) is 9.12. The number of ether oxygens (including phenoxy) is 1. The average molecular weight is 454 g/mol. The van der Waals surface area contributed by atoms with Crippen molar-refractivity contribution in [2.24, 2.45) is 0 Å². The minimum atomic E-state index is 0.473. The lowest BCUT2D eigenvalue weighted by Crippen LogP contribution is -2.37. The van der Waals surface area contributed by atoms with Crippen LogP contribution >= 0.6 is 0 Å². The number of nitrogens with two attached hydrogens (primary N) is 1. The summed E-state index contributed by atoms with van der Waals surface area (Å²) in [6.45, 7) is 3.00. The molecule has 0 spiro atoms. The fraction of sp³-hybridized carbons (Fsp3) is 0.333. The number of nitrogens with zero attached hydrogens (tertiary/aromatic N) is 5. The van der Waals surface area contributed by atoms with Crippen molar-refractivity contribution in [1.82, 2.24) is 19.5 Å². The van der Waals surface area contributed by atoms with E-state index in [-0.39, 0.29) is 0 Å². The molecule has 0 atom stereocenters.